The highest BCUT2D eigenvalue weighted by Crippen LogP contribution is 2.30. The van der Waals surface area contributed by atoms with Crippen molar-refractivity contribution >= 4 is 34.5 Å². The number of rotatable bonds is 7. The third-order valence-electron chi connectivity index (χ3n) is 4.87. The van der Waals surface area contributed by atoms with Crippen molar-refractivity contribution in [1.29, 1.82) is 0 Å². The van der Waals surface area contributed by atoms with Crippen LogP contribution in [0.25, 0.3) is 0 Å². The first-order valence-corrected chi connectivity index (χ1v) is 10.6. The molecular formula is C23H22F3N3O2S. The minimum atomic E-state index is -4.50. The van der Waals surface area contributed by atoms with Gasteiger partial charge in [-0.2, -0.15) is 13.2 Å². The number of benzene rings is 2. The van der Waals surface area contributed by atoms with Gasteiger partial charge in [-0.1, -0.05) is 18.2 Å². The second kappa shape index (κ2) is 9.97. The van der Waals surface area contributed by atoms with E-state index in [4.69, 9.17) is 0 Å². The van der Waals surface area contributed by atoms with Crippen molar-refractivity contribution < 1.29 is 22.8 Å². The van der Waals surface area contributed by atoms with Gasteiger partial charge in [0.15, 0.2) is 0 Å². The lowest BCUT2D eigenvalue weighted by Crippen LogP contribution is -2.32. The number of amides is 2. The second-order valence-corrected chi connectivity index (χ2v) is 8.25. The monoisotopic (exact) mass is 461 g/mol. The molecule has 168 valence electrons. The van der Waals surface area contributed by atoms with Gasteiger partial charge in [0.2, 0.25) is 5.91 Å². The number of thiophene rings is 1. The number of likely N-dealkylation sites (N-methyl/N-ethyl adjacent to an activating group) is 1. The van der Waals surface area contributed by atoms with Crippen molar-refractivity contribution in [3.8, 4) is 0 Å². The molecule has 0 aliphatic carbocycles. The summed E-state index contributed by atoms with van der Waals surface area (Å²) in [4.78, 5) is 28.0. The molecule has 32 heavy (non-hydrogen) atoms. The van der Waals surface area contributed by atoms with E-state index in [-0.39, 0.29) is 29.7 Å². The summed E-state index contributed by atoms with van der Waals surface area (Å²) in [5.41, 5.74) is -0.190. The normalized spacial score (nSPS) is 12.4. The lowest BCUT2D eigenvalue weighted by Gasteiger charge is -2.23. The number of carbonyl (C=O) groups excluding carboxylic acids is 2. The van der Waals surface area contributed by atoms with E-state index in [9.17, 15) is 22.8 Å². The number of carbonyl (C=O) groups is 2. The zero-order valence-electron chi connectivity index (χ0n) is 17.4. The molecule has 2 aromatic carbocycles. The quantitative estimate of drug-likeness (QED) is 0.478. The van der Waals surface area contributed by atoms with Crippen LogP contribution >= 0.6 is 11.3 Å². The Morgan fingerprint density at radius 1 is 1.00 bits per heavy atom. The summed E-state index contributed by atoms with van der Waals surface area (Å²) in [5.74, 6) is -0.824. The molecule has 0 spiro atoms. The molecular weight excluding hydrogens is 439 g/mol. The van der Waals surface area contributed by atoms with Gasteiger partial charge in [0, 0.05) is 27.9 Å². The minimum Gasteiger partial charge on any atom is -0.325 e. The van der Waals surface area contributed by atoms with Crippen molar-refractivity contribution in [3.05, 3.63) is 82.0 Å². The molecule has 2 amide bonds. The lowest BCUT2D eigenvalue weighted by atomic mass is 10.1. The van der Waals surface area contributed by atoms with Crippen molar-refractivity contribution in [1.82, 2.24) is 4.90 Å². The van der Waals surface area contributed by atoms with E-state index in [1.165, 1.54) is 24.3 Å². The van der Waals surface area contributed by atoms with Crippen LogP contribution in [0, 0.1) is 0 Å². The van der Waals surface area contributed by atoms with Crippen molar-refractivity contribution in [3.63, 3.8) is 0 Å². The zero-order chi connectivity index (χ0) is 23.3. The SMILES string of the molecule is C[C@@H](c1cccs1)N(C)CC(=O)Nc1cccc(C(=O)Nc2cccc(C(F)(F)F)c2)c1. The van der Waals surface area contributed by atoms with E-state index in [0.29, 0.717) is 5.69 Å². The van der Waals surface area contributed by atoms with Gasteiger partial charge in [-0.25, -0.2) is 0 Å². The molecule has 3 aromatic rings. The first kappa shape index (κ1) is 23.5. The largest absolute Gasteiger partial charge is 0.416 e. The number of hydrogen-bond donors (Lipinski definition) is 2. The third kappa shape index (κ3) is 6.18. The van der Waals surface area contributed by atoms with Crippen molar-refractivity contribution in [2.45, 2.75) is 19.1 Å². The average molecular weight is 462 g/mol. The zero-order valence-corrected chi connectivity index (χ0v) is 18.3. The number of nitrogens with zero attached hydrogens (tertiary/aromatic N) is 1. The number of anilines is 2. The summed E-state index contributed by atoms with van der Waals surface area (Å²) < 4.78 is 38.6. The first-order chi connectivity index (χ1) is 15.1. The molecule has 0 radical (unpaired) electrons. The predicted octanol–water partition coefficient (Wildman–Crippen LogP) is 5.65. The van der Waals surface area contributed by atoms with Gasteiger partial charge >= 0.3 is 6.18 Å². The molecule has 9 heteroatoms. The summed E-state index contributed by atoms with van der Waals surface area (Å²) in [6.45, 7) is 2.16. The van der Waals surface area contributed by atoms with Gasteiger partial charge in [0.05, 0.1) is 12.1 Å². The number of alkyl halides is 3. The van der Waals surface area contributed by atoms with Gasteiger partial charge in [0.1, 0.15) is 0 Å². The van der Waals surface area contributed by atoms with Crippen molar-refractivity contribution in [2.24, 2.45) is 0 Å². The van der Waals surface area contributed by atoms with Crippen LogP contribution < -0.4 is 10.6 Å². The molecule has 0 fully saturated rings. The van der Waals surface area contributed by atoms with Crippen LogP contribution in [0.1, 0.15) is 33.8 Å². The highest BCUT2D eigenvalue weighted by Gasteiger charge is 2.30. The van der Waals surface area contributed by atoms with Crippen LogP contribution in [0.3, 0.4) is 0 Å². The van der Waals surface area contributed by atoms with Gasteiger partial charge in [-0.05, 0) is 61.8 Å². The second-order valence-electron chi connectivity index (χ2n) is 7.27. The van der Waals surface area contributed by atoms with E-state index >= 15 is 0 Å². The Labute approximate surface area is 187 Å². The standard InChI is InChI=1S/C23H22F3N3O2S/c1-15(20-10-5-11-32-20)29(2)14-21(30)27-18-8-3-6-16(12-18)22(31)28-19-9-4-7-17(13-19)23(24,25)26/h3-13,15H,14H2,1-2H3,(H,27,30)(H,28,31)/t15-/m0/s1. The van der Waals surface area contributed by atoms with Crippen LogP contribution in [-0.4, -0.2) is 30.3 Å². The molecule has 0 saturated carbocycles. The maximum atomic E-state index is 12.9. The van der Waals surface area contributed by atoms with Crippen LogP contribution in [0.4, 0.5) is 24.5 Å². The number of nitrogens with one attached hydrogen (secondary N) is 2. The van der Waals surface area contributed by atoms with E-state index < -0.39 is 17.6 Å². The Kier molecular flexibility index (Phi) is 7.32. The fourth-order valence-electron chi connectivity index (χ4n) is 3.02. The fourth-order valence-corrected chi connectivity index (χ4v) is 3.87. The van der Waals surface area contributed by atoms with Gasteiger partial charge < -0.3 is 10.6 Å². The summed E-state index contributed by atoms with van der Waals surface area (Å²) >= 11 is 1.62. The average Bonchev–Trinajstić information content (AvgIpc) is 3.27. The summed E-state index contributed by atoms with van der Waals surface area (Å²) in [6.07, 6.45) is -4.50. The Morgan fingerprint density at radius 3 is 2.34 bits per heavy atom. The molecule has 2 N–H and O–H groups in total. The molecule has 0 aliphatic heterocycles. The first-order valence-electron chi connectivity index (χ1n) is 9.75. The summed E-state index contributed by atoms with van der Waals surface area (Å²) in [5, 5.41) is 7.19. The molecule has 1 aromatic heterocycles. The van der Waals surface area contributed by atoms with E-state index in [1.54, 1.807) is 23.5 Å². The lowest BCUT2D eigenvalue weighted by molar-refractivity contribution is -0.137. The molecule has 0 aliphatic rings. The van der Waals surface area contributed by atoms with Gasteiger partial charge in [-0.15, -0.1) is 11.3 Å². The predicted molar refractivity (Wildman–Crippen MR) is 120 cm³/mol. The third-order valence-corrected chi connectivity index (χ3v) is 5.91. The van der Waals surface area contributed by atoms with Crippen LogP contribution in [0.15, 0.2) is 66.0 Å². The summed E-state index contributed by atoms with van der Waals surface area (Å²) in [7, 11) is 1.85. The van der Waals surface area contributed by atoms with E-state index in [1.807, 2.05) is 36.4 Å². The Balaban J connectivity index is 1.62. The van der Waals surface area contributed by atoms with Crippen LogP contribution in [0.5, 0.6) is 0 Å². The smallest absolute Gasteiger partial charge is 0.325 e. The van der Waals surface area contributed by atoms with Gasteiger partial charge in [-0.3, -0.25) is 14.5 Å². The van der Waals surface area contributed by atoms with Gasteiger partial charge in [0.25, 0.3) is 5.91 Å². The molecule has 1 atom stereocenters. The summed E-state index contributed by atoms with van der Waals surface area (Å²) in [6, 6.07) is 14.7. The fraction of sp³-hybridized carbons (Fsp3) is 0.217. The van der Waals surface area contributed by atoms with E-state index in [0.717, 1.165) is 17.0 Å². The molecule has 5 nitrogen and oxygen atoms in total. The minimum absolute atomic E-state index is 0.0310. The molecule has 0 bridgehead atoms. The Bertz CT molecular complexity index is 1080. The van der Waals surface area contributed by atoms with Crippen molar-refractivity contribution in [2.75, 3.05) is 24.2 Å². The number of hydrogen-bond acceptors (Lipinski definition) is 4. The highest BCUT2D eigenvalue weighted by atomic mass is 32.1. The molecule has 1 heterocycles. The Hall–Kier alpha value is -3.17. The van der Waals surface area contributed by atoms with Crippen LogP contribution in [0.2, 0.25) is 0 Å². The Morgan fingerprint density at radius 2 is 1.69 bits per heavy atom. The maximum Gasteiger partial charge on any atom is 0.416 e. The topological polar surface area (TPSA) is 61.4 Å². The highest BCUT2D eigenvalue weighted by molar-refractivity contribution is 7.10. The van der Waals surface area contributed by atoms with E-state index in [2.05, 4.69) is 10.6 Å². The molecule has 3 rings (SSSR count). The maximum absolute atomic E-state index is 12.9. The number of halogens is 3. The van der Waals surface area contributed by atoms with Crippen LogP contribution in [-0.2, 0) is 11.0 Å². The molecule has 0 unspecified atom stereocenters. The molecule has 0 saturated heterocycles.